The van der Waals surface area contributed by atoms with Gasteiger partial charge in [-0.2, -0.15) is 5.26 Å². The third-order valence-electron chi connectivity index (χ3n) is 11.8. The molecule has 0 radical (unpaired) electrons. The first-order valence-corrected chi connectivity index (χ1v) is 19.3. The van der Waals surface area contributed by atoms with Crippen LogP contribution in [-0.4, -0.2) is 9.97 Å². The number of nitriles is 1. The van der Waals surface area contributed by atoms with Gasteiger partial charge in [0, 0.05) is 16.7 Å². The predicted molar refractivity (Wildman–Crippen MR) is 230 cm³/mol. The van der Waals surface area contributed by atoms with Crippen LogP contribution in [0.15, 0.2) is 200 Å². The van der Waals surface area contributed by atoms with Crippen molar-refractivity contribution in [3.05, 3.63) is 228 Å². The van der Waals surface area contributed by atoms with Crippen molar-refractivity contribution in [2.24, 2.45) is 0 Å². The minimum absolute atomic E-state index is 0.402. The molecule has 0 saturated carbocycles. The van der Waals surface area contributed by atoms with Crippen LogP contribution < -0.4 is 0 Å². The molecule has 3 nitrogen and oxygen atoms in total. The Morgan fingerprint density at radius 2 is 0.789 bits per heavy atom. The molecule has 1 heterocycles. The second kappa shape index (κ2) is 13.0. The molecule has 0 N–H and O–H groups in total. The summed E-state index contributed by atoms with van der Waals surface area (Å²) in [7, 11) is 0. The van der Waals surface area contributed by atoms with Crippen molar-refractivity contribution in [2.45, 2.75) is 5.41 Å². The lowest BCUT2D eigenvalue weighted by Crippen LogP contribution is -2.25. The Hall–Kier alpha value is -7.67. The molecule has 0 fully saturated rings. The van der Waals surface area contributed by atoms with Gasteiger partial charge in [0.1, 0.15) is 0 Å². The van der Waals surface area contributed by atoms with E-state index in [1.165, 1.54) is 44.5 Å². The largest absolute Gasteiger partial charge is 0.228 e. The number of rotatable bonds is 5. The fourth-order valence-electron chi connectivity index (χ4n) is 9.19. The minimum atomic E-state index is -0.402. The van der Waals surface area contributed by atoms with Gasteiger partial charge in [-0.15, -0.1) is 0 Å². The molecular weight excluding hydrogens is 691 g/mol. The van der Waals surface area contributed by atoms with Gasteiger partial charge < -0.3 is 0 Å². The van der Waals surface area contributed by atoms with Crippen molar-refractivity contribution in [2.75, 3.05) is 0 Å². The van der Waals surface area contributed by atoms with E-state index in [0.29, 0.717) is 11.4 Å². The van der Waals surface area contributed by atoms with Crippen molar-refractivity contribution in [1.82, 2.24) is 9.97 Å². The topological polar surface area (TPSA) is 49.6 Å². The molecule has 0 saturated heterocycles. The number of fused-ring (bicyclic) bond motifs is 10. The predicted octanol–water partition coefficient (Wildman–Crippen LogP) is 13.0. The van der Waals surface area contributed by atoms with Crippen LogP contribution in [0, 0.1) is 11.3 Å². The number of hydrogen-bond donors (Lipinski definition) is 0. The van der Waals surface area contributed by atoms with Crippen molar-refractivity contribution < 1.29 is 0 Å². The molecule has 0 bridgehead atoms. The van der Waals surface area contributed by atoms with E-state index in [1.54, 1.807) is 0 Å². The molecule has 3 heteroatoms. The summed E-state index contributed by atoms with van der Waals surface area (Å²) < 4.78 is 0. The Labute approximate surface area is 331 Å². The van der Waals surface area contributed by atoms with E-state index in [4.69, 9.17) is 9.97 Å². The molecular formula is C54H33N3. The second-order valence-electron chi connectivity index (χ2n) is 14.8. The van der Waals surface area contributed by atoms with Crippen LogP contribution in [0.1, 0.15) is 27.8 Å². The molecule has 1 spiro atoms. The van der Waals surface area contributed by atoms with E-state index in [1.807, 2.05) is 42.5 Å². The van der Waals surface area contributed by atoms with Crippen molar-refractivity contribution in [3.8, 4) is 84.5 Å². The van der Waals surface area contributed by atoms with E-state index >= 15 is 0 Å². The van der Waals surface area contributed by atoms with Crippen molar-refractivity contribution in [1.29, 1.82) is 5.26 Å². The van der Waals surface area contributed by atoms with Gasteiger partial charge in [0.25, 0.3) is 0 Å². The van der Waals surface area contributed by atoms with Crippen LogP contribution in [-0.2, 0) is 5.41 Å². The van der Waals surface area contributed by atoms with Gasteiger partial charge in [-0.1, -0.05) is 164 Å². The average Bonchev–Trinajstić information content (AvgIpc) is 3.76. The van der Waals surface area contributed by atoms with E-state index < -0.39 is 5.41 Å². The van der Waals surface area contributed by atoms with Gasteiger partial charge >= 0.3 is 0 Å². The molecule has 57 heavy (non-hydrogen) atoms. The Morgan fingerprint density at radius 1 is 0.333 bits per heavy atom. The van der Waals surface area contributed by atoms with E-state index in [0.717, 1.165) is 50.3 Å². The number of hydrogen-bond acceptors (Lipinski definition) is 3. The standard InChI is InChI=1S/C54H33N3/c55-34-35-24-26-36(27-25-35)38-14-10-16-41(30-38)52-33-51(37-12-2-1-3-13-37)56-53(57-52)42-17-11-15-39(31-42)40-28-29-46-45-20-6-9-23-49(45)54(50(46)32-40)47-21-7-4-18-43(47)44-19-5-8-22-48(44)54/h1-33H. The third kappa shape index (κ3) is 5.12. The summed E-state index contributed by atoms with van der Waals surface area (Å²) >= 11 is 0. The highest BCUT2D eigenvalue weighted by Crippen LogP contribution is 2.63. The number of benzene rings is 8. The van der Waals surface area contributed by atoms with Gasteiger partial charge in [0.05, 0.1) is 28.4 Å². The summed E-state index contributed by atoms with van der Waals surface area (Å²) in [6.45, 7) is 0. The van der Waals surface area contributed by atoms with Crippen LogP contribution in [0.3, 0.4) is 0 Å². The summed E-state index contributed by atoms with van der Waals surface area (Å²) in [5.74, 6) is 0.667. The normalized spacial score (nSPS) is 12.7. The van der Waals surface area contributed by atoms with Crippen LogP contribution in [0.25, 0.3) is 78.4 Å². The SMILES string of the molecule is N#Cc1ccc(-c2cccc(-c3cc(-c4ccccc4)nc(-c4cccc(-c5ccc6c(c5)C5(c7ccccc7-c7ccccc75)c5ccccc5-6)c4)n3)c2)cc1. The van der Waals surface area contributed by atoms with Gasteiger partial charge in [0.2, 0.25) is 0 Å². The quantitative estimate of drug-likeness (QED) is 0.178. The van der Waals surface area contributed by atoms with E-state index in [-0.39, 0.29) is 0 Å². The molecule has 0 unspecified atom stereocenters. The average molecular weight is 724 g/mol. The first-order chi connectivity index (χ1) is 28.2. The lowest BCUT2D eigenvalue weighted by molar-refractivity contribution is 0.794. The summed E-state index contributed by atoms with van der Waals surface area (Å²) in [5.41, 5.74) is 19.8. The summed E-state index contributed by atoms with van der Waals surface area (Å²) in [6.07, 6.45) is 0. The van der Waals surface area contributed by atoms with Gasteiger partial charge in [-0.05, 0) is 103 Å². The molecule has 11 rings (SSSR count). The highest BCUT2D eigenvalue weighted by Gasteiger charge is 2.51. The molecule has 0 atom stereocenters. The number of nitrogens with zero attached hydrogens (tertiary/aromatic N) is 3. The lowest BCUT2D eigenvalue weighted by atomic mass is 9.70. The maximum atomic E-state index is 9.33. The molecule has 0 aliphatic heterocycles. The van der Waals surface area contributed by atoms with Crippen molar-refractivity contribution in [3.63, 3.8) is 0 Å². The Balaban J connectivity index is 1.05. The maximum absolute atomic E-state index is 9.33. The van der Waals surface area contributed by atoms with Gasteiger partial charge in [-0.3, -0.25) is 0 Å². The molecule has 2 aliphatic rings. The van der Waals surface area contributed by atoms with Gasteiger partial charge in [0.15, 0.2) is 5.82 Å². The summed E-state index contributed by atoms with van der Waals surface area (Å²) in [6, 6.07) is 73.2. The highest BCUT2D eigenvalue weighted by atomic mass is 14.9. The van der Waals surface area contributed by atoms with Crippen LogP contribution in [0.5, 0.6) is 0 Å². The van der Waals surface area contributed by atoms with Crippen LogP contribution in [0.4, 0.5) is 0 Å². The first-order valence-electron chi connectivity index (χ1n) is 19.3. The van der Waals surface area contributed by atoms with Crippen LogP contribution in [0.2, 0.25) is 0 Å². The fourth-order valence-corrected chi connectivity index (χ4v) is 9.19. The summed E-state index contributed by atoms with van der Waals surface area (Å²) in [5, 5.41) is 9.33. The van der Waals surface area contributed by atoms with Crippen LogP contribution >= 0.6 is 0 Å². The second-order valence-corrected chi connectivity index (χ2v) is 14.8. The molecule has 0 amide bonds. The highest BCUT2D eigenvalue weighted by molar-refractivity contribution is 5.96. The Kier molecular flexibility index (Phi) is 7.45. The molecule has 2 aliphatic carbocycles. The van der Waals surface area contributed by atoms with E-state index in [2.05, 4.69) is 164 Å². The summed E-state index contributed by atoms with van der Waals surface area (Å²) in [4.78, 5) is 10.4. The third-order valence-corrected chi connectivity index (χ3v) is 11.8. The van der Waals surface area contributed by atoms with Gasteiger partial charge in [-0.25, -0.2) is 9.97 Å². The molecule has 9 aromatic rings. The zero-order valence-corrected chi connectivity index (χ0v) is 30.9. The minimum Gasteiger partial charge on any atom is -0.228 e. The first kappa shape index (κ1) is 32.7. The smallest absolute Gasteiger partial charge is 0.160 e. The zero-order chi connectivity index (χ0) is 37.9. The zero-order valence-electron chi connectivity index (χ0n) is 30.9. The lowest BCUT2D eigenvalue weighted by Gasteiger charge is -2.30. The van der Waals surface area contributed by atoms with E-state index in [9.17, 15) is 5.26 Å². The monoisotopic (exact) mass is 723 g/mol. The maximum Gasteiger partial charge on any atom is 0.160 e. The number of aromatic nitrogens is 2. The molecule has 264 valence electrons. The Morgan fingerprint density at radius 3 is 1.42 bits per heavy atom. The Bertz CT molecular complexity index is 3020. The molecule has 8 aromatic carbocycles. The molecule has 1 aromatic heterocycles. The van der Waals surface area contributed by atoms with Crippen molar-refractivity contribution >= 4 is 0 Å². The fraction of sp³-hybridized carbons (Fsp3) is 0.0185.